The lowest BCUT2D eigenvalue weighted by Gasteiger charge is -2.15. The molecule has 0 bridgehead atoms. The highest BCUT2D eigenvalue weighted by molar-refractivity contribution is 5.41. The number of benzene rings is 2. The van der Waals surface area contributed by atoms with Crippen LogP contribution in [0.3, 0.4) is 0 Å². The first kappa shape index (κ1) is 13.5. The quantitative estimate of drug-likeness (QED) is 0.758. The summed E-state index contributed by atoms with van der Waals surface area (Å²) in [6.07, 6.45) is 0. The molecule has 0 saturated carbocycles. The van der Waals surface area contributed by atoms with Gasteiger partial charge in [0, 0.05) is 0 Å². The molecule has 0 spiro atoms. The van der Waals surface area contributed by atoms with Crippen molar-refractivity contribution in [3.05, 3.63) is 58.7 Å². The lowest BCUT2D eigenvalue weighted by molar-refractivity contribution is 0.117. The third-order valence-electron chi connectivity index (χ3n) is 3.22. The van der Waals surface area contributed by atoms with Gasteiger partial charge in [-0.15, -0.1) is 0 Å². The van der Waals surface area contributed by atoms with Gasteiger partial charge in [-0.2, -0.15) is 0 Å². The summed E-state index contributed by atoms with van der Waals surface area (Å²) in [4.78, 5) is 0. The van der Waals surface area contributed by atoms with Gasteiger partial charge in [-0.3, -0.25) is 0 Å². The molecule has 2 heteroatoms. The van der Waals surface area contributed by atoms with Crippen LogP contribution >= 0.6 is 0 Å². The van der Waals surface area contributed by atoms with E-state index in [0.29, 0.717) is 0 Å². The van der Waals surface area contributed by atoms with E-state index in [1.807, 2.05) is 64.1 Å². The minimum atomic E-state index is 0.234. The highest BCUT2D eigenvalue weighted by Gasteiger charge is 2.06. The zero-order valence-corrected chi connectivity index (χ0v) is 12.0. The first-order chi connectivity index (χ1) is 9.09. The van der Waals surface area contributed by atoms with Crippen LogP contribution in [0.5, 0.6) is 11.5 Å². The van der Waals surface area contributed by atoms with Crippen molar-refractivity contribution in [1.82, 2.24) is 0 Å². The molecule has 0 aliphatic heterocycles. The predicted molar refractivity (Wildman–Crippen MR) is 78.0 cm³/mol. The largest absolute Gasteiger partial charge is 0.457 e. The standard InChI is InChI=1S/C17H20O2/c1-12-7-5-8-13(2)16(12)18-11-19-17-14(3)9-6-10-15(17)4/h5-10H,11H2,1-4H3. The van der Waals surface area contributed by atoms with E-state index in [9.17, 15) is 0 Å². The van der Waals surface area contributed by atoms with Crippen LogP contribution in [-0.4, -0.2) is 6.79 Å². The van der Waals surface area contributed by atoms with Gasteiger partial charge >= 0.3 is 0 Å². The van der Waals surface area contributed by atoms with E-state index in [4.69, 9.17) is 9.47 Å². The Morgan fingerprint density at radius 2 is 0.947 bits per heavy atom. The number of aryl methyl sites for hydroxylation is 4. The molecule has 0 radical (unpaired) electrons. The highest BCUT2D eigenvalue weighted by Crippen LogP contribution is 2.25. The number of ether oxygens (including phenoxy) is 2. The van der Waals surface area contributed by atoms with Crippen LogP contribution in [0.25, 0.3) is 0 Å². The fraction of sp³-hybridized carbons (Fsp3) is 0.294. The van der Waals surface area contributed by atoms with Crippen molar-refractivity contribution in [3.63, 3.8) is 0 Å². The van der Waals surface area contributed by atoms with E-state index in [-0.39, 0.29) is 6.79 Å². The molecule has 0 amide bonds. The number of hydrogen-bond acceptors (Lipinski definition) is 2. The van der Waals surface area contributed by atoms with Crippen molar-refractivity contribution >= 4 is 0 Å². The Balaban J connectivity index is 2.05. The van der Waals surface area contributed by atoms with Crippen LogP contribution in [0, 0.1) is 27.7 Å². The number of rotatable bonds is 4. The lowest BCUT2D eigenvalue weighted by atomic mass is 10.1. The smallest absolute Gasteiger partial charge is 0.230 e. The van der Waals surface area contributed by atoms with Crippen LogP contribution in [0.1, 0.15) is 22.3 Å². The van der Waals surface area contributed by atoms with E-state index in [2.05, 4.69) is 0 Å². The molecule has 0 fully saturated rings. The molecule has 2 rings (SSSR count). The first-order valence-electron chi connectivity index (χ1n) is 6.47. The molecule has 0 aromatic heterocycles. The minimum Gasteiger partial charge on any atom is -0.457 e. The van der Waals surface area contributed by atoms with E-state index >= 15 is 0 Å². The van der Waals surface area contributed by atoms with Crippen molar-refractivity contribution in [2.75, 3.05) is 6.79 Å². The Morgan fingerprint density at radius 1 is 0.632 bits per heavy atom. The average Bonchev–Trinajstić information content (AvgIpc) is 2.36. The van der Waals surface area contributed by atoms with Crippen molar-refractivity contribution in [2.45, 2.75) is 27.7 Å². The number of hydrogen-bond donors (Lipinski definition) is 0. The van der Waals surface area contributed by atoms with Crippen LogP contribution in [0.2, 0.25) is 0 Å². The Hall–Kier alpha value is -1.96. The Morgan fingerprint density at radius 3 is 1.26 bits per heavy atom. The monoisotopic (exact) mass is 256 g/mol. The zero-order valence-electron chi connectivity index (χ0n) is 12.0. The summed E-state index contributed by atoms with van der Waals surface area (Å²) >= 11 is 0. The molecular formula is C17H20O2. The molecule has 0 heterocycles. The van der Waals surface area contributed by atoms with Gasteiger partial charge < -0.3 is 9.47 Å². The molecule has 100 valence electrons. The lowest BCUT2D eigenvalue weighted by Crippen LogP contribution is -2.09. The molecule has 0 atom stereocenters. The van der Waals surface area contributed by atoms with Crippen LogP contribution in [0.15, 0.2) is 36.4 Å². The third kappa shape index (κ3) is 3.08. The second-order valence-electron chi connectivity index (χ2n) is 4.85. The summed E-state index contributed by atoms with van der Waals surface area (Å²) in [5.74, 6) is 1.82. The van der Waals surface area contributed by atoms with Gasteiger partial charge in [0.15, 0.2) is 0 Å². The van der Waals surface area contributed by atoms with Crippen LogP contribution < -0.4 is 9.47 Å². The van der Waals surface area contributed by atoms with Gasteiger partial charge in [0.05, 0.1) is 0 Å². The third-order valence-corrected chi connectivity index (χ3v) is 3.22. The summed E-state index contributed by atoms with van der Waals surface area (Å²) in [5.41, 5.74) is 4.52. The molecule has 0 aliphatic carbocycles. The number of para-hydroxylation sites is 2. The molecular weight excluding hydrogens is 236 g/mol. The SMILES string of the molecule is Cc1cccc(C)c1OCOc1c(C)cccc1C. The van der Waals surface area contributed by atoms with E-state index < -0.39 is 0 Å². The fourth-order valence-corrected chi connectivity index (χ4v) is 2.20. The van der Waals surface area contributed by atoms with Crippen molar-refractivity contribution in [2.24, 2.45) is 0 Å². The van der Waals surface area contributed by atoms with Crippen molar-refractivity contribution < 1.29 is 9.47 Å². The molecule has 2 aromatic carbocycles. The van der Waals surface area contributed by atoms with E-state index in [1.165, 1.54) is 0 Å². The summed E-state index contributed by atoms with van der Waals surface area (Å²) in [5, 5.41) is 0. The van der Waals surface area contributed by atoms with Crippen LogP contribution in [-0.2, 0) is 0 Å². The van der Waals surface area contributed by atoms with E-state index in [1.54, 1.807) is 0 Å². The van der Waals surface area contributed by atoms with Crippen molar-refractivity contribution in [1.29, 1.82) is 0 Å². The minimum absolute atomic E-state index is 0.234. The topological polar surface area (TPSA) is 18.5 Å². The Kier molecular flexibility index (Phi) is 4.10. The summed E-state index contributed by atoms with van der Waals surface area (Å²) in [7, 11) is 0. The molecule has 19 heavy (non-hydrogen) atoms. The van der Waals surface area contributed by atoms with Crippen LogP contribution in [0.4, 0.5) is 0 Å². The zero-order chi connectivity index (χ0) is 13.8. The first-order valence-corrected chi connectivity index (χ1v) is 6.47. The molecule has 0 N–H and O–H groups in total. The second-order valence-corrected chi connectivity index (χ2v) is 4.85. The summed E-state index contributed by atoms with van der Waals surface area (Å²) in [6.45, 7) is 8.41. The average molecular weight is 256 g/mol. The molecule has 2 aromatic rings. The van der Waals surface area contributed by atoms with Crippen molar-refractivity contribution in [3.8, 4) is 11.5 Å². The predicted octanol–water partition coefficient (Wildman–Crippen LogP) is 4.34. The Labute approximate surface area is 115 Å². The Bertz CT molecular complexity index is 481. The maximum Gasteiger partial charge on any atom is 0.230 e. The maximum atomic E-state index is 5.76. The summed E-state index contributed by atoms with van der Waals surface area (Å²) in [6, 6.07) is 12.2. The molecule has 0 unspecified atom stereocenters. The molecule has 2 nitrogen and oxygen atoms in total. The van der Waals surface area contributed by atoms with Gasteiger partial charge in [0.2, 0.25) is 6.79 Å². The normalized spacial score (nSPS) is 10.3. The highest BCUT2D eigenvalue weighted by atomic mass is 16.7. The van der Waals surface area contributed by atoms with Gasteiger partial charge in [-0.05, 0) is 49.9 Å². The summed E-state index contributed by atoms with van der Waals surface area (Å²) < 4.78 is 11.5. The van der Waals surface area contributed by atoms with Gasteiger partial charge in [-0.25, -0.2) is 0 Å². The fourth-order valence-electron chi connectivity index (χ4n) is 2.20. The van der Waals surface area contributed by atoms with Gasteiger partial charge in [-0.1, -0.05) is 36.4 Å². The maximum absolute atomic E-state index is 5.76. The second kappa shape index (κ2) is 5.79. The van der Waals surface area contributed by atoms with Gasteiger partial charge in [0.25, 0.3) is 0 Å². The van der Waals surface area contributed by atoms with E-state index in [0.717, 1.165) is 33.8 Å². The molecule has 0 aliphatic rings. The molecule has 0 saturated heterocycles. The van der Waals surface area contributed by atoms with Gasteiger partial charge in [0.1, 0.15) is 11.5 Å².